The molecular formula is C16H16ClN3O. The highest BCUT2D eigenvalue weighted by Crippen LogP contribution is 2.29. The van der Waals surface area contributed by atoms with Gasteiger partial charge in [-0.1, -0.05) is 35.0 Å². The normalized spacial score (nSPS) is 16.6. The maximum atomic E-state index is 9.22. The predicted octanol–water partition coefficient (Wildman–Crippen LogP) is 3.71. The fourth-order valence-electron chi connectivity index (χ4n) is 2.69. The van der Waals surface area contributed by atoms with Gasteiger partial charge in [-0.15, -0.1) is 0 Å². The second-order valence-corrected chi connectivity index (χ2v) is 5.46. The van der Waals surface area contributed by atoms with Gasteiger partial charge >= 0.3 is 0 Å². The first-order valence-electron chi connectivity index (χ1n) is 6.93. The maximum Gasteiger partial charge on any atom is 0.0889 e. The van der Waals surface area contributed by atoms with Crippen LogP contribution in [0.15, 0.2) is 47.9 Å². The Morgan fingerprint density at radius 3 is 2.95 bits per heavy atom. The quantitative estimate of drug-likeness (QED) is 0.679. The first-order valence-corrected chi connectivity index (χ1v) is 7.31. The molecule has 21 heavy (non-hydrogen) atoms. The van der Waals surface area contributed by atoms with Crippen LogP contribution in [0.3, 0.4) is 0 Å². The van der Waals surface area contributed by atoms with E-state index in [9.17, 15) is 5.21 Å². The van der Waals surface area contributed by atoms with Crippen molar-refractivity contribution in [3.8, 4) is 0 Å². The summed E-state index contributed by atoms with van der Waals surface area (Å²) in [4.78, 5) is 6.30. The van der Waals surface area contributed by atoms with Gasteiger partial charge in [-0.05, 0) is 30.5 Å². The van der Waals surface area contributed by atoms with Gasteiger partial charge in [0.05, 0.1) is 10.7 Å². The molecule has 1 aliphatic rings. The summed E-state index contributed by atoms with van der Waals surface area (Å²) < 4.78 is 0. The van der Waals surface area contributed by atoms with Crippen LogP contribution >= 0.6 is 11.6 Å². The molecule has 1 aliphatic heterocycles. The minimum Gasteiger partial charge on any atom is -0.411 e. The van der Waals surface area contributed by atoms with Crippen molar-refractivity contribution in [2.45, 2.75) is 19.4 Å². The maximum absolute atomic E-state index is 9.22. The van der Waals surface area contributed by atoms with Crippen LogP contribution in [0.2, 0.25) is 5.02 Å². The van der Waals surface area contributed by atoms with Crippen LogP contribution in [-0.2, 0) is 6.54 Å². The number of aromatic nitrogens is 1. The number of hydrogen-bond acceptors (Lipinski definition) is 4. The molecule has 0 saturated heterocycles. The van der Waals surface area contributed by atoms with E-state index in [0.29, 0.717) is 5.02 Å². The number of benzene rings is 1. The van der Waals surface area contributed by atoms with E-state index in [2.05, 4.69) is 21.1 Å². The molecule has 0 amide bonds. The average Bonchev–Trinajstić information content (AvgIpc) is 2.69. The largest absolute Gasteiger partial charge is 0.411 e. The summed E-state index contributed by atoms with van der Waals surface area (Å²) in [5, 5.41) is 13.4. The lowest BCUT2D eigenvalue weighted by Gasteiger charge is -2.25. The number of fused-ring (bicyclic) bond motifs is 1. The van der Waals surface area contributed by atoms with Gasteiger partial charge in [-0.25, -0.2) is 0 Å². The van der Waals surface area contributed by atoms with Gasteiger partial charge in [0.1, 0.15) is 0 Å². The van der Waals surface area contributed by atoms with Crippen LogP contribution in [-0.4, -0.2) is 22.4 Å². The molecular weight excluding hydrogens is 286 g/mol. The summed E-state index contributed by atoms with van der Waals surface area (Å²) >= 11 is 6.21. The molecule has 2 heterocycles. The van der Waals surface area contributed by atoms with Crippen LogP contribution in [0.25, 0.3) is 0 Å². The van der Waals surface area contributed by atoms with Crippen molar-refractivity contribution in [1.82, 2.24) is 4.98 Å². The molecule has 0 spiro atoms. The molecule has 2 aromatic rings. The highest BCUT2D eigenvalue weighted by molar-refractivity contribution is 6.31. The summed E-state index contributed by atoms with van der Waals surface area (Å²) in [5.74, 6) is 0. The van der Waals surface area contributed by atoms with Crippen LogP contribution in [0.5, 0.6) is 0 Å². The van der Waals surface area contributed by atoms with Crippen molar-refractivity contribution in [3.05, 3.63) is 58.9 Å². The Labute approximate surface area is 128 Å². The lowest BCUT2D eigenvalue weighted by atomic mass is 10.1. The lowest BCUT2D eigenvalue weighted by molar-refractivity contribution is 0.318. The molecule has 1 aromatic carbocycles. The van der Waals surface area contributed by atoms with E-state index in [4.69, 9.17) is 11.6 Å². The van der Waals surface area contributed by atoms with Gasteiger partial charge in [0.25, 0.3) is 0 Å². The number of anilines is 1. The molecule has 0 fully saturated rings. The molecule has 0 unspecified atom stereocenters. The summed E-state index contributed by atoms with van der Waals surface area (Å²) in [5.41, 5.74) is 3.86. The lowest BCUT2D eigenvalue weighted by Crippen LogP contribution is -2.23. The molecule has 0 bridgehead atoms. The Hall–Kier alpha value is -2.07. The number of nitrogens with zero attached hydrogens (tertiary/aromatic N) is 3. The minimum absolute atomic E-state index is 0.676. The first kappa shape index (κ1) is 13.9. The zero-order chi connectivity index (χ0) is 14.7. The molecule has 0 aliphatic carbocycles. The van der Waals surface area contributed by atoms with Gasteiger partial charge in [-0.3, -0.25) is 4.98 Å². The molecule has 0 atom stereocenters. The van der Waals surface area contributed by atoms with E-state index in [1.165, 1.54) is 0 Å². The fourth-order valence-corrected chi connectivity index (χ4v) is 2.87. The molecule has 0 radical (unpaired) electrons. The molecule has 4 nitrogen and oxygen atoms in total. The van der Waals surface area contributed by atoms with E-state index in [0.717, 1.165) is 48.5 Å². The molecule has 1 aromatic heterocycles. The second kappa shape index (κ2) is 6.14. The van der Waals surface area contributed by atoms with E-state index in [-0.39, 0.29) is 0 Å². The fraction of sp³-hybridized carbons (Fsp3) is 0.250. The highest BCUT2D eigenvalue weighted by atomic mass is 35.5. The van der Waals surface area contributed by atoms with Crippen LogP contribution in [0, 0.1) is 0 Å². The third kappa shape index (κ3) is 2.85. The summed E-state index contributed by atoms with van der Waals surface area (Å²) in [6, 6.07) is 9.96. The van der Waals surface area contributed by atoms with E-state index >= 15 is 0 Å². The van der Waals surface area contributed by atoms with E-state index in [1.807, 2.05) is 24.3 Å². The zero-order valence-corrected chi connectivity index (χ0v) is 12.3. The van der Waals surface area contributed by atoms with Crippen molar-refractivity contribution in [2.24, 2.45) is 5.16 Å². The number of hydrogen-bond donors (Lipinski definition) is 1. The van der Waals surface area contributed by atoms with Crippen molar-refractivity contribution in [3.63, 3.8) is 0 Å². The Bertz CT molecular complexity index is 672. The standard InChI is InChI=1S/C16H16ClN3O/c17-14-10-18-8-7-12(14)11-20-9-3-5-15(19-21)13-4-1-2-6-16(13)20/h1-2,4,6-8,10,21H,3,5,9,11H2/b19-15-. The van der Waals surface area contributed by atoms with Gasteiger partial charge in [0.15, 0.2) is 0 Å². The molecule has 1 N–H and O–H groups in total. The van der Waals surface area contributed by atoms with Crippen LogP contribution in [0.4, 0.5) is 5.69 Å². The summed E-state index contributed by atoms with van der Waals surface area (Å²) in [6.45, 7) is 1.62. The van der Waals surface area contributed by atoms with Gasteiger partial charge in [0, 0.05) is 36.7 Å². The topological polar surface area (TPSA) is 48.7 Å². The molecule has 5 heteroatoms. The van der Waals surface area contributed by atoms with Crippen LogP contribution < -0.4 is 4.90 Å². The number of rotatable bonds is 2. The summed E-state index contributed by atoms with van der Waals surface area (Å²) in [7, 11) is 0. The Morgan fingerprint density at radius 1 is 1.29 bits per heavy atom. The van der Waals surface area contributed by atoms with E-state index < -0.39 is 0 Å². The number of pyridine rings is 1. The number of para-hydroxylation sites is 1. The first-order chi connectivity index (χ1) is 10.3. The SMILES string of the molecule is O/N=C1/CCCN(Cc2ccncc2Cl)c2ccccc21. The van der Waals surface area contributed by atoms with Crippen molar-refractivity contribution < 1.29 is 5.21 Å². The highest BCUT2D eigenvalue weighted by Gasteiger charge is 2.20. The Kier molecular flexibility index (Phi) is 4.06. The third-order valence-electron chi connectivity index (χ3n) is 3.74. The second-order valence-electron chi connectivity index (χ2n) is 5.06. The van der Waals surface area contributed by atoms with Gasteiger partial charge in [-0.2, -0.15) is 0 Å². The third-order valence-corrected chi connectivity index (χ3v) is 4.08. The van der Waals surface area contributed by atoms with Crippen molar-refractivity contribution in [1.29, 1.82) is 0 Å². The van der Waals surface area contributed by atoms with Crippen molar-refractivity contribution >= 4 is 23.0 Å². The number of halogens is 1. The number of oxime groups is 1. The van der Waals surface area contributed by atoms with E-state index in [1.54, 1.807) is 12.4 Å². The van der Waals surface area contributed by atoms with Crippen LogP contribution in [0.1, 0.15) is 24.0 Å². The smallest absolute Gasteiger partial charge is 0.0889 e. The molecule has 108 valence electrons. The average molecular weight is 302 g/mol. The zero-order valence-electron chi connectivity index (χ0n) is 11.5. The predicted molar refractivity (Wildman–Crippen MR) is 84.3 cm³/mol. The Morgan fingerprint density at radius 2 is 2.14 bits per heavy atom. The minimum atomic E-state index is 0.676. The molecule has 3 rings (SSSR count). The monoisotopic (exact) mass is 301 g/mol. The van der Waals surface area contributed by atoms with Gasteiger partial charge < -0.3 is 10.1 Å². The Balaban J connectivity index is 1.97. The van der Waals surface area contributed by atoms with Crippen molar-refractivity contribution in [2.75, 3.05) is 11.4 Å². The summed E-state index contributed by atoms with van der Waals surface area (Å²) in [6.07, 6.45) is 5.14. The van der Waals surface area contributed by atoms with Gasteiger partial charge in [0.2, 0.25) is 0 Å². The molecule has 0 saturated carbocycles.